The Morgan fingerprint density at radius 1 is 1.28 bits per heavy atom. The number of amides is 2. The standard InChI is InChI=1S/C19H26N6O9S2/c1-19(2,3)34-12(28)7-23(4)15(29)13-10(8-35-18-20-21-22-24(18)6-11(26)27)9-36(31,32)17-14(33-5)16(30)25(13)17/h14,17H,6-9H2,1-5H3,(H,26,27)/t14-,17+/m0/s1. The molecule has 0 saturated carbocycles. The smallest absolute Gasteiger partial charge is 0.326 e. The lowest BCUT2D eigenvalue weighted by Crippen LogP contribution is -2.71. The lowest BCUT2D eigenvalue weighted by atomic mass is 10.0. The number of esters is 1. The lowest BCUT2D eigenvalue weighted by Gasteiger charge is -2.49. The molecule has 198 valence electrons. The molecule has 1 aromatic rings. The van der Waals surface area contributed by atoms with Crippen LogP contribution in [-0.2, 0) is 45.0 Å². The van der Waals surface area contributed by atoms with E-state index < -0.39 is 69.5 Å². The van der Waals surface area contributed by atoms with Gasteiger partial charge in [0.2, 0.25) is 5.16 Å². The van der Waals surface area contributed by atoms with Crippen molar-refractivity contribution in [3.8, 4) is 0 Å². The topological polar surface area (TPSA) is 191 Å². The maximum Gasteiger partial charge on any atom is 0.326 e. The Morgan fingerprint density at radius 3 is 2.53 bits per heavy atom. The zero-order valence-corrected chi connectivity index (χ0v) is 21.8. The van der Waals surface area contributed by atoms with Crippen LogP contribution in [0.2, 0.25) is 0 Å². The van der Waals surface area contributed by atoms with Gasteiger partial charge in [0.15, 0.2) is 21.3 Å². The minimum absolute atomic E-state index is 0.0723. The fourth-order valence-electron chi connectivity index (χ4n) is 3.67. The number of aromatic nitrogens is 4. The number of thioether (sulfide) groups is 1. The number of likely N-dealkylation sites (N-methyl/N-ethyl adjacent to an activating group) is 1. The van der Waals surface area contributed by atoms with E-state index in [0.717, 1.165) is 26.2 Å². The summed E-state index contributed by atoms with van der Waals surface area (Å²) in [4.78, 5) is 51.4. The summed E-state index contributed by atoms with van der Waals surface area (Å²) in [5.74, 6) is -4.05. The van der Waals surface area contributed by atoms with Gasteiger partial charge in [-0.1, -0.05) is 11.8 Å². The Morgan fingerprint density at radius 2 is 1.94 bits per heavy atom. The molecule has 0 bridgehead atoms. The minimum Gasteiger partial charge on any atom is -0.480 e. The van der Waals surface area contributed by atoms with Gasteiger partial charge in [0.25, 0.3) is 11.8 Å². The summed E-state index contributed by atoms with van der Waals surface area (Å²) in [7, 11) is -1.41. The number of carboxylic acids is 1. The second-order valence-corrected chi connectivity index (χ2v) is 12.1. The SMILES string of the molecule is CO[C@H]1C(=O)N2C(C(=O)N(C)CC(=O)OC(C)(C)C)=C(CSc3nnnn3CC(=O)O)CS(=O)(=O)[C@H]12. The summed E-state index contributed by atoms with van der Waals surface area (Å²) in [6.07, 6.45) is -1.26. The lowest BCUT2D eigenvalue weighted by molar-refractivity contribution is -0.162. The van der Waals surface area contributed by atoms with Crippen molar-refractivity contribution < 1.29 is 42.2 Å². The number of hydrogen-bond donors (Lipinski definition) is 1. The van der Waals surface area contributed by atoms with E-state index in [9.17, 15) is 27.6 Å². The third-order valence-electron chi connectivity index (χ3n) is 5.06. The van der Waals surface area contributed by atoms with Gasteiger partial charge in [-0.25, -0.2) is 13.1 Å². The molecular formula is C19H26N6O9S2. The van der Waals surface area contributed by atoms with Crippen LogP contribution in [0.3, 0.4) is 0 Å². The maximum atomic E-state index is 13.4. The van der Waals surface area contributed by atoms with Crippen molar-refractivity contribution >= 4 is 45.4 Å². The van der Waals surface area contributed by atoms with Crippen LogP contribution in [0, 0.1) is 0 Å². The van der Waals surface area contributed by atoms with Crippen molar-refractivity contribution in [2.75, 3.05) is 32.2 Å². The van der Waals surface area contributed by atoms with E-state index in [1.807, 2.05) is 0 Å². The molecule has 15 nitrogen and oxygen atoms in total. The molecule has 2 aliphatic rings. The monoisotopic (exact) mass is 546 g/mol. The second kappa shape index (κ2) is 10.1. The first-order valence-corrected chi connectivity index (χ1v) is 13.2. The molecular weight excluding hydrogens is 520 g/mol. The molecule has 0 unspecified atom stereocenters. The van der Waals surface area contributed by atoms with Crippen molar-refractivity contribution in [2.45, 2.75) is 49.6 Å². The van der Waals surface area contributed by atoms with Gasteiger partial charge in [0.05, 0.1) is 5.75 Å². The normalized spacial score (nSPS) is 21.0. The van der Waals surface area contributed by atoms with Gasteiger partial charge in [-0.05, 0) is 36.8 Å². The average Bonchev–Trinajstić information content (AvgIpc) is 3.16. The first kappa shape index (κ1) is 27.5. The van der Waals surface area contributed by atoms with E-state index in [-0.39, 0.29) is 22.2 Å². The van der Waals surface area contributed by atoms with E-state index >= 15 is 0 Å². The summed E-state index contributed by atoms with van der Waals surface area (Å²) in [6.45, 7) is 4.04. The number of hydrogen-bond acceptors (Lipinski definition) is 12. The maximum absolute atomic E-state index is 13.4. The van der Waals surface area contributed by atoms with E-state index in [2.05, 4.69) is 15.5 Å². The molecule has 36 heavy (non-hydrogen) atoms. The molecule has 2 atom stereocenters. The largest absolute Gasteiger partial charge is 0.480 e. The van der Waals surface area contributed by atoms with Crippen LogP contribution in [0.25, 0.3) is 0 Å². The van der Waals surface area contributed by atoms with Crippen LogP contribution < -0.4 is 0 Å². The molecule has 2 aliphatic heterocycles. The molecule has 1 N–H and O–H groups in total. The molecule has 2 amide bonds. The number of carbonyl (C=O) groups excluding carboxylic acids is 3. The summed E-state index contributed by atoms with van der Waals surface area (Å²) >= 11 is 0.902. The molecule has 0 spiro atoms. The third-order valence-corrected chi connectivity index (χ3v) is 8.05. The van der Waals surface area contributed by atoms with Crippen molar-refractivity contribution in [2.24, 2.45) is 0 Å². The van der Waals surface area contributed by atoms with Gasteiger partial charge in [-0.15, -0.1) is 5.10 Å². The number of sulfone groups is 1. The molecule has 1 saturated heterocycles. The molecule has 1 aromatic heterocycles. The van der Waals surface area contributed by atoms with Crippen molar-refractivity contribution in [3.05, 3.63) is 11.3 Å². The third kappa shape index (κ3) is 5.67. The number of rotatable bonds is 9. The molecule has 0 aromatic carbocycles. The first-order chi connectivity index (χ1) is 16.7. The van der Waals surface area contributed by atoms with Crippen LogP contribution in [0.5, 0.6) is 0 Å². The number of methoxy groups -OCH3 is 1. The Labute approximate surface area is 210 Å². The van der Waals surface area contributed by atoms with Gasteiger partial charge >= 0.3 is 11.9 Å². The van der Waals surface area contributed by atoms with Crippen LogP contribution in [0.15, 0.2) is 16.4 Å². The Bertz CT molecular complexity index is 1220. The highest BCUT2D eigenvalue weighted by Gasteiger charge is 2.60. The Balaban J connectivity index is 1.94. The number of ether oxygens (including phenoxy) is 2. The van der Waals surface area contributed by atoms with Gasteiger partial charge in [-0.2, -0.15) is 0 Å². The number of β-lactam (4-membered cyclic amide) rings is 1. The summed E-state index contributed by atoms with van der Waals surface area (Å²) in [6, 6.07) is 0. The fraction of sp³-hybridized carbons (Fsp3) is 0.632. The highest BCUT2D eigenvalue weighted by atomic mass is 32.2. The summed E-state index contributed by atoms with van der Waals surface area (Å²) in [5.41, 5.74) is -0.903. The van der Waals surface area contributed by atoms with Gasteiger partial charge < -0.3 is 19.5 Å². The predicted octanol–water partition coefficient (Wildman–Crippen LogP) is -1.48. The summed E-state index contributed by atoms with van der Waals surface area (Å²) < 4.78 is 37.2. The number of carbonyl (C=O) groups is 4. The van der Waals surface area contributed by atoms with E-state index in [4.69, 9.17) is 14.6 Å². The molecule has 3 rings (SSSR count). The van der Waals surface area contributed by atoms with Crippen LogP contribution in [0.1, 0.15) is 20.8 Å². The second-order valence-electron chi connectivity index (χ2n) is 9.06. The first-order valence-electron chi connectivity index (χ1n) is 10.5. The Hall–Kier alpha value is -3.05. The number of aliphatic carboxylic acids is 1. The average molecular weight is 547 g/mol. The van der Waals surface area contributed by atoms with Crippen LogP contribution in [-0.4, -0.2) is 117 Å². The van der Waals surface area contributed by atoms with Crippen molar-refractivity contribution in [1.29, 1.82) is 0 Å². The molecule has 3 heterocycles. The minimum atomic E-state index is -3.93. The fourth-order valence-corrected chi connectivity index (χ4v) is 6.72. The highest BCUT2D eigenvalue weighted by Crippen LogP contribution is 2.39. The van der Waals surface area contributed by atoms with Crippen LogP contribution in [0.4, 0.5) is 0 Å². The zero-order chi connectivity index (χ0) is 27.0. The number of tetrazole rings is 1. The van der Waals surface area contributed by atoms with Gasteiger partial charge in [0.1, 0.15) is 24.4 Å². The predicted molar refractivity (Wildman–Crippen MR) is 122 cm³/mol. The number of fused-ring (bicyclic) bond motifs is 1. The molecule has 1 fully saturated rings. The molecule has 0 aliphatic carbocycles. The van der Waals surface area contributed by atoms with Gasteiger partial charge in [-0.3, -0.25) is 24.1 Å². The summed E-state index contributed by atoms with van der Waals surface area (Å²) in [5, 5.41) is 18.4. The van der Waals surface area contributed by atoms with E-state index in [1.54, 1.807) is 20.8 Å². The number of nitrogens with zero attached hydrogens (tertiary/aromatic N) is 6. The van der Waals surface area contributed by atoms with E-state index in [1.165, 1.54) is 14.2 Å². The van der Waals surface area contributed by atoms with Crippen molar-refractivity contribution in [3.63, 3.8) is 0 Å². The quantitative estimate of drug-likeness (QED) is 0.214. The van der Waals surface area contributed by atoms with Crippen LogP contribution >= 0.6 is 11.8 Å². The van der Waals surface area contributed by atoms with Crippen molar-refractivity contribution in [1.82, 2.24) is 30.0 Å². The molecule has 0 radical (unpaired) electrons. The van der Waals surface area contributed by atoms with E-state index in [0.29, 0.717) is 0 Å². The zero-order valence-electron chi connectivity index (χ0n) is 20.2. The highest BCUT2D eigenvalue weighted by molar-refractivity contribution is 7.99. The molecule has 17 heteroatoms. The Kier molecular flexibility index (Phi) is 7.75. The number of carboxylic acid groups (broad SMARTS) is 1. The van der Waals surface area contributed by atoms with Gasteiger partial charge in [0, 0.05) is 19.9 Å².